The van der Waals surface area contributed by atoms with Crippen LogP contribution in [0.25, 0.3) is 6.08 Å². The Bertz CT molecular complexity index is 1210. The second-order valence-corrected chi connectivity index (χ2v) is 9.32. The number of hydrogen-bond donors (Lipinski definition) is 1. The van der Waals surface area contributed by atoms with E-state index in [1.165, 1.54) is 18.2 Å². The van der Waals surface area contributed by atoms with Gasteiger partial charge in [0, 0.05) is 24.5 Å². The van der Waals surface area contributed by atoms with Crippen molar-refractivity contribution >= 4 is 63.8 Å². The minimum Gasteiger partial charge on any atom is -0.462 e. The molecule has 2 fully saturated rings. The predicted octanol–water partition coefficient (Wildman–Crippen LogP) is 4.03. The molecule has 11 heteroatoms. The Morgan fingerprint density at radius 2 is 1.86 bits per heavy atom. The molecule has 2 aliphatic heterocycles. The molecule has 188 valence electrons. The minimum atomic E-state index is -0.618. The quantitative estimate of drug-likeness (QED) is 0.423. The lowest BCUT2D eigenvalue weighted by molar-refractivity contribution is -0.127. The van der Waals surface area contributed by atoms with Crippen LogP contribution in [-0.4, -0.2) is 67.4 Å². The van der Waals surface area contributed by atoms with Gasteiger partial charge in [0.15, 0.2) is 0 Å². The molecule has 2 aliphatic rings. The zero-order chi connectivity index (χ0) is 25.7. The normalized spacial score (nSPS) is 17.0. The first kappa shape index (κ1) is 25.7. The van der Waals surface area contributed by atoms with Gasteiger partial charge < -0.3 is 19.7 Å². The van der Waals surface area contributed by atoms with E-state index in [0.29, 0.717) is 13.2 Å². The summed E-state index contributed by atoms with van der Waals surface area (Å²) in [7, 11) is 0. The molecule has 0 unspecified atom stereocenters. The maximum Gasteiger partial charge on any atom is 0.339 e. The Morgan fingerprint density at radius 1 is 1.14 bits per heavy atom. The van der Waals surface area contributed by atoms with Crippen LogP contribution in [-0.2, 0) is 19.1 Å². The molecule has 0 spiro atoms. The van der Waals surface area contributed by atoms with Gasteiger partial charge in [0.1, 0.15) is 6.54 Å². The van der Waals surface area contributed by atoms with E-state index < -0.39 is 29.6 Å². The maximum absolute atomic E-state index is 12.8. The van der Waals surface area contributed by atoms with Crippen LogP contribution >= 0.6 is 23.4 Å². The summed E-state index contributed by atoms with van der Waals surface area (Å²) >= 11 is 6.83. The lowest BCUT2D eigenvalue weighted by Crippen LogP contribution is -2.36. The molecule has 3 amide bonds. The number of hydrogen-bond acceptors (Lipinski definition) is 8. The van der Waals surface area contributed by atoms with Crippen LogP contribution in [0.1, 0.15) is 22.8 Å². The van der Waals surface area contributed by atoms with Crippen LogP contribution in [0.2, 0.25) is 5.02 Å². The van der Waals surface area contributed by atoms with E-state index in [-0.39, 0.29) is 27.8 Å². The molecule has 2 saturated heterocycles. The number of thioether (sulfide) groups is 1. The van der Waals surface area contributed by atoms with Crippen molar-refractivity contribution < 1.29 is 28.7 Å². The molecule has 2 heterocycles. The number of morpholine rings is 1. The van der Waals surface area contributed by atoms with Crippen LogP contribution in [0.4, 0.5) is 16.2 Å². The molecule has 36 heavy (non-hydrogen) atoms. The number of esters is 1. The number of nitrogens with one attached hydrogen (secondary N) is 1. The highest BCUT2D eigenvalue weighted by molar-refractivity contribution is 8.18. The van der Waals surface area contributed by atoms with Crippen LogP contribution in [0.5, 0.6) is 0 Å². The van der Waals surface area contributed by atoms with E-state index in [0.717, 1.165) is 41.0 Å². The molecular weight excluding hydrogens is 506 g/mol. The van der Waals surface area contributed by atoms with E-state index in [1.54, 1.807) is 13.0 Å². The van der Waals surface area contributed by atoms with Crippen molar-refractivity contribution in [3.05, 3.63) is 63.5 Å². The molecule has 0 bridgehead atoms. The van der Waals surface area contributed by atoms with Gasteiger partial charge in [-0.05, 0) is 60.7 Å². The molecule has 0 aromatic heterocycles. The van der Waals surface area contributed by atoms with Gasteiger partial charge in [-0.1, -0.05) is 23.7 Å². The van der Waals surface area contributed by atoms with Gasteiger partial charge in [-0.3, -0.25) is 19.3 Å². The third kappa shape index (κ3) is 6.07. The van der Waals surface area contributed by atoms with Crippen LogP contribution in [0.3, 0.4) is 0 Å². The highest BCUT2D eigenvalue weighted by Gasteiger charge is 2.36. The molecule has 0 radical (unpaired) electrons. The smallest absolute Gasteiger partial charge is 0.339 e. The van der Waals surface area contributed by atoms with Crippen molar-refractivity contribution in [3.8, 4) is 0 Å². The first-order valence-electron chi connectivity index (χ1n) is 11.3. The Kier molecular flexibility index (Phi) is 8.29. The summed E-state index contributed by atoms with van der Waals surface area (Å²) < 4.78 is 10.3. The molecule has 0 atom stereocenters. The summed E-state index contributed by atoms with van der Waals surface area (Å²) in [4.78, 5) is 53.2. The standard InChI is InChI=1S/C25H24ClN3O6S/c1-2-35-24(32)19-14-17(5-8-20(19)26)27-22(30)15-29-23(31)21(36-25(29)33)13-16-3-6-18(7-4-16)28-9-11-34-12-10-28/h3-8,13-14H,2,9-12,15H2,1H3,(H,27,30)/b21-13+. The van der Waals surface area contributed by atoms with E-state index in [1.807, 2.05) is 24.3 Å². The molecule has 9 nitrogen and oxygen atoms in total. The number of carbonyl (C=O) groups excluding carboxylic acids is 4. The number of nitrogens with zero attached hydrogens (tertiary/aromatic N) is 2. The highest BCUT2D eigenvalue weighted by atomic mass is 35.5. The molecule has 2 aromatic carbocycles. The van der Waals surface area contributed by atoms with Gasteiger partial charge >= 0.3 is 5.97 Å². The summed E-state index contributed by atoms with van der Waals surface area (Å²) in [6.45, 7) is 4.40. The fourth-order valence-corrected chi connectivity index (χ4v) is 4.74. The minimum absolute atomic E-state index is 0.102. The summed E-state index contributed by atoms with van der Waals surface area (Å²) in [5.74, 6) is -1.75. The van der Waals surface area contributed by atoms with Crippen molar-refractivity contribution in [1.29, 1.82) is 0 Å². The number of carbonyl (C=O) groups is 4. The van der Waals surface area contributed by atoms with E-state index in [4.69, 9.17) is 21.1 Å². The van der Waals surface area contributed by atoms with Gasteiger partial charge in [-0.2, -0.15) is 0 Å². The van der Waals surface area contributed by atoms with Crippen LogP contribution < -0.4 is 10.2 Å². The predicted molar refractivity (Wildman–Crippen MR) is 138 cm³/mol. The topological polar surface area (TPSA) is 105 Å². The summed E-state index contributed by atoms with van der Waals surface area (Å²) in [6, 6.07) is 12.0. The summed E-state index contributed by atoms with van der Waals surface area (Å²) in [5.41, 5.74) is 2.23. The molecule has 0 saturated carbocycles. The first-order valence-corrected chi connectivity index (χ1v) is 12.5. The Balaban J connectivity index is 1.39. The molecular formula is C25H24ClN3O6S. The Labute approximate surface area is 217 Å². The van der Waals surface area contributed by atoms with Gasteiger partial charge in [0.2, 0.25) is 5.91 Å². The number of anilines is 2. The lowest BCUT2D eigenvalue weighted by atomic mass is 10.1. The fourth-order valence-electron chi connectivity index (χ4n) is 3.70. The van der Waals surface area contributed by atoms with Crippen molar-refractivity contribution in [3.63, 3.8) is 0 Å². The van der Waals surface area contributed by atoms with Gasteiger partial charge in [0.25, 0.3) is 11.1 Å². The van der Waals surface area contributed by atoms with E-state index in [9.17, 15) is 19.2 Å². The molecule has 4 rings (SSSR count). The zero-order valence-electron chi connectivity index (χ0n) is 19.5. The Hall–Kier alpha value is -3.34. The Morgan fingerprint density at radius 3 is 2.56 bits per heavy atom. The van der Waals surface area contributed by atoms with Gasteiger partial charge in [-0.25, -0.2) is 4.79 Å². The first-order chi connectivity index (χ1) is 17.4. The molecule has 2 aromatic rings. The van der Waals surface area contributed by atoms with E-state index in [2.05, 4.69) is 10.2 Å². The maximum atomic E-state index is 12.8. The monoisotopic (exact) mass is 529 g/mol. The summed E-state index contributed by atoms with van der Waals surface area (Å²) in [6.07, 6.45) is 1.64. The SMILES string of the molecule is CCOC(=O)c1cc(NC(=O)CN2C(=O)S/C(=C/c3ccc(N4CCOCC4)cc3)C2=O)ccc1Cl. The van der Waals surface area contributed by atoms with Crippen molar-refractivity contribution in [2.45, 2.75) is 6.92 Å². The number of ether oxygens (including phenoxy) is 2. The second kappa shape index (κ2) is 11.6. The van der Waals surface area contributed by atoms with Crippen molar-refractivity contribution in [1.82, 2.24) is 4.90 Å². The average molecular weight is 530 g/mol. The van der Waals surface area contributed by atoms with Crippen LogP contribution in [0, 0.1) is 0 Å². The number of rotatable bonds is 7. The number of amides is 3. The second-order valence-electron chi connectivity index (χ2n) is 7.92. The van der Waals surface area contributed by atoms with Crippen LogP contribution in [0.15, 0.2) is 47.4 Å². The van der Waals surface area contributed by atoms with Gasteiger partial charge in [0.05, 0.1) is 35.3 Å². The average Bonchev–Trinajstić information content (AvgIpc) is 3.13. The summed E-state index contributed by atoms with van der Waals surface area (Å²) in [5, 5.41) is 2.23. The lowest BCUT2D eigenvalue weighted by Gasteiger charge is -2.28. The third-order valence-corrected chi connectivity index (χ3v) is 6.72. The van der Waals surface area contributed by atoms with Crippen molar-refractivity contribution in [2.75, 3.05) is 49.7 Å². The van der Waals surface area contributed by atoms with E-state index >= 15 is 0 Å². The third-order valence-electron chi connectivity index (χ3n) is 5.49. The molecule has 0 aliphatic carbocycles. The number of halogens is 1. The van der Waals surface area contributed by atoms with Gasteiger partial charge in [-0.15, -0.1) is 0 Å². The zero-order valence-corrected chi connectivity index (χ0v) is 21.1. The van der Waals surface area contributed by atoms with Crippen molar-refractivity contribution in [2.24, 2.45) is 0 Å². The number of imide groups is 1. The number of benzene rings is 2. The highest BCUT2D eigenvalue weighted by Crippen LogP contribution is 2.32. The largest absolute Gasteiger partial charge is 0.462 e. The molecule has 1 N–H and O–H groups in total. The fraction of sp³-hybridized carbons (Fsp3) is 0.280.